The predicted octanol–water partition coefficient (Wildman–Crippen LogP) is 4.75. The van der Waals surface area contributed by atoms with Crippen LogP contribution in [0.3, 0.4) is 0 Å². The summed E-state index contributed by atoms with van der Waals surface area (Å²) in [6, 6.07) is 8.90. The van der Waals surface area contributed by atoms with E-state index in [0.29, 0.717) is 21.7 Å². The lowest BCUT2D eigenvalue weighted by molar-refractivity contribution is 0.108. The molecule has 1 heterocycles. The summed E-state index contributed by atoms with van der Waals surface area (Å²) in [4.78, 5) is 27.3. The van der Waals surface area contributed by atoms with Crippen LogP contribution in [0.1, 0.15) is 21.7 Å². The summed E-state index contributed by atoms with van der Waals surface area (Å²) in [5.74, 6) is -0.0470. The predicted molar refractivity (Wildman–Crippen MR) is 112 cm³/mol. The fourth-order valence-electron chi connectivity index (χ4n) is 2.44. The molecule has 0 aliphatic rings. The minimum Gasteiger partial charge on any atom is -0.507 e. The lowest BCUT2D eigenvalue weighted by atomic mass is 10.1. The van der Waals surface area contributed by atoms with Gasteiger partial charge < -0.3 is 10.0 Å². The minimum atomic E-state index is -0.431. The molecule has 0 aliphatic heterocycles. The van der Waals surface area contributed by atoms with Gasteiger partial charge in [0.2, 0.25) is 11.8 Å². The molecule has 30 heavy (non-hydrogen) atoms. The monoisotopic (exact) mass is 426 g/mol. The Hall–Kier alpha value is -3.40. The SMILES string of the molecule is Cc1cc(/N=N/c2nc(C(=O)Sc3ccc(F)cc3)nc(N(C)C)n2)cc(C)c1O. The average molecular weight is 426 g/mol. The van der Waals surface area contributed by atoms with Gasteiger partial charge in [0.25, 0.3) is 11.1 Å². The number of hydrogen-bond donors (Lipinski definition) is 1. The highest BCUT2D eigenvalue weighted by molar-refractivity contribution is 8.14. The van der Waals surface area contributed by atoms with Gasteiger partial charge in [0.05, 0.1) is 5.69 Å². The number of rotatable bonds is 5. The number of phenolic OH excluding ortho intramolecular Hbond substituents is 1. The number of carbonyl (C=O) groups excluding carboxylic acids is 1. The minimum absolute atomic E-state index is 0.0277. The van der Waals surface area contributed by atoms with Gasteiger partial charge in [-0.1, -0.05) is 0 Å². The first-order valence-corrected chi connectivity index (χ1v) is 9.67. The third kappa shape index (κ3) is 5.15. The highest BCUT2D eigenvalue weighted by atomic mass is 32.2. The van der Waals surface area contributed by atoms with Gasteiger partial charge >= 0.3 is 0 Å². The topological polar surface area (TPSA) is 104 Å². The number of azo groups is 1. The van der Waals surface area contributed by atoms with Crippen LogP contribution in [-0.4, -0.2) is 39.3 Å². The molecular formula is C20H19FN6O2S. The fraction of sp³-hybridized carbons (Fsp3) is 0.200. The maximum absolute atomic E-state index is 13.1. The summed E-state index contributed by atoms with van der Waals surface area (Å²) in [5, 5.41) is 17.6. The van der Waals surface area contributed by atoms with Crippen molar-refractivity contribution in [3.05, 3.63) is 59.2 Å². The highest BCUT2D eigenvalue weighted by Crippen LogP contribution is 2.28. The lowest BCUT2D eigenvalue weighted by Gasteiger charge is -2.10. The number of benzene rings is 2. The van der Waals surface area contributed by atoms with E-state index in [1.54, 1.807) is 45.0 Å². The molecule has 1 aromatic heterocycles. The van der Waals surface area contributed by atoms with E-state index in [1.807, 2.05) is 0 Å². The van der Waals surface area contributed by atoms with Gasteiger partial charge in [-0.2, -0.15) is 15.0 Å². The number of aromatic hydroxyl groups is 1. The first kappa shape index (κ1) is 21.3. The Morgan fingerprint density at radius 1 is 1.03 bits per heavy atom. The van der Waals surface area contributed by atoms with Crippen LogP contribution in [0.4, 0.5) is 22.0 Å². The number of thioether (sulfide) groups is 1. The first-order chi connectivity index (χ1) is 14.2. The number of halogens is 1. The second-order valence-electron chi connectivity index (χ2n) is 6.63. The van der Waals surface area contributed by atoms with Crippen molar-refractivity contribution in [2.45, 2.75) is 18.7 Å². The van der Waals surface area contributed by atoms with Gasteiger partial charge in [0.15, 0.2) is 0 Å². The van der Waals surface area contributed by atoms with E-state index in [-0.39, 0.29) is 29.3 Å². The molecule has 0 radical (unpaired) electrons. The van der Waals surface area contributed by atoms with E-state index in [2.05, 4.69) is 25.2 Å². The molecule has 10 heteroatoms. The number of carbonyl (C=O) groups is 1. The van der Waals surface area contributed by atoms with Crippen molar-refractivity contribution in [3.63, 3.8) is 0 Å². The van der Waals surface area contributed by atoms with Crippen LogP contribution in [0.15, 0.2) is 51.5 Å². The summed E-state index contributed by atoms with van der Waals surface area (Å²) in [6.07, 6.45) is 0. The largest absolute Gasteiger partial charge is 0.507 e. The number of hydrogen-bond acceptors (Lipinski definition) is 9. The quantitative estimate of drug-likeness (QED) is 0.464. The van der Waals surface area contributed by atoms with Crippen LogP contribution >= 0.6 is 11.8 Å². The normalized spacial score (nSPS) is 11.1. The summed E-state index contributed by atoms with van der Waals surface area (Å²) in [7, 11) is 3.45. The Kier molecular flexibility index (Phi) is 6.36. The molecule has 0 bridgehead atoms. The van der Waals surface area contributed by atoms with Crippen LogP contribution in [0.2, 0.25) is 0 Å². The lowest BCUT2D eigenvalue weighted by Crippen LogP contribution is -2.15. The Labute approximate surface area is 176 Å². The zero-order chi connectivity index (χ0) is 21.8. The van der Waals surface area contributed by atoms with Gasteiger partial charge in [-0.25, -0.2) is 4.39 Å². The van der Waals surface area contributed by atoms with Crippen molar-refractivity contribution in [2.75, 3.05) is 19.0 Å². The third-order valence-electron chi connectivity index (χ3n) is 3.95. The van der Waals surface area contributed by atoms with E-state index in [4.69, 9.17) is 0 Å². The molecule has 1 N–H and O–H groups in total. The molecule has 0 amide bonds. The molecule has 0 saturated heterocycles. The summed E-state index contributed by atoms with van der Waals surface area (Å²) in [5.41, 5.74) is 1.85. The molecule has 0 unspecified atom stereocenters. The Morgan fingerprint density at radius 2 is 1.67 bits per heavy atom. The van der Waals surface area contributed by atoms with E-state index in [0.717, 1.165) is 11.8 Å². The Bertz CT molecular complexity index is 1100. The third-order valence-corrected chi connectivity index (χ3v) is 4.83. The van der Waals surface area contributed by atoms with E-state index >= 15 is 0 Å². The van der Waals surface area contributed by atoms with Gasteiger partial charge in [0, 0.05) is 19.0 Å². The molecule has 154 valence electrons. The zero-order valence-corrected chi connectivity index (χ0v) is 17.6. The molecule has 3 aromatic rings. The van der Waals surface area contributed by atoms with Crippen molar-refractivity contribution < 1.29 is 14.3 Å². The van der Waals surface area contributed by atoms with Crippen molar-refractivity contribution >= 4 is 34.5 Å². The number of phenols is 1. The summed E-state index contributed by atoms with van der Waals surface area (Å²) < 4.78 is 13.1. The van der Waals surface area contributed by atoms with Crippen LogP contribution in [-0.2, 0) is 0 Å². The average Bonchev–Trinajstić information content (AvgIpc) is 2.71. The van der Waals surface area contributed by atoms with Crippen LogP contribution in [0, 0.1) is 19.7 Å². The molecule has 2 aromatic carbocycles. The van der Waals surface area contributed by atoms with E-state index < -0.39 is 5.12 Å². The summed E-state index contributed by atoms with van der Waals surface area (Å²) >= 11 is 0.878. The number of aryl methyl sites for hydroxylation is 2. The van der Waals surface area contributed by atoms with Gasteiger partial charge in [-0.15, -0.1) is 10.2 Å². The molecule has 0 spiro atoms. The maximum atomic E-state index is 13.1. The first-order valence-electron chi connectivity index (χ1n) is 8.86. The molecule has 3 rings (SSSR count). The number of aromatic nitrogens is 3. The maximum Gasteiger partial charge on any atom is 0.274 e. The van der Waals surface area contributed by atoms with Gasteiger partial charge in [-0.3, -0.25) is 4.79 Å². The van der Waals surface area contributed by atoms with Crippen LogP contribution < -0.4 is 4.90 Å². The van der Waals surface area contributed by atoms with Crippen LogP contribution in [0.5, 0.6) is 5.75 Å². The molecule has 0 atom stereocenters. The van der Waals surface area contributed by atoms with Crippen molar-refractivity contribution in [1.82, 2.24) is 15.0 Å². The van der Waals surface area contributed by atoms with Crippen molar-refractivity contribution in [1.29, 1.82) is 0 Å². The fourth-order valence-corrected chi connectivity index (χ4v) is 3.11. The molecule has 0 fully saturated rings. The Morgan fingerprint density at radius 3 is 2.27 bits per heavy atom. The molecule has 8 nitrogen and oxygen atoms in total. The van der Waals surface area contributed by atoms with E-state index in [9.17, 15) is 14.3 Å². The van der Waals surface area contributed by atoms with E-state index in [1.165, 1.54) is 24.3 Å². The zero-order valence-electron chi connectivity index (χ0n) is 16.8. The number of nitrogens with zero attached hydrogens (tertiary/aromatic N) is 6. The van der Waals surface area contributed by atoms with Crippen molar-refractivity contribution in [2.24, 2.45) is 10.2 Å². The van der Waals surface area contributed by atoms with Gasteiger partial charge in [0.1, 0.15) is 11.6 Å². The molecular weight excluding hydrogens is 407 g/mol. The van der Waals surface area contributed by atoms with Crippen molar-refractivity contribution in [3.8, 4) is 5.75 Å². The van der Waals surface area contributed by atoms with Gasteiger partial charge in [-0.05, 0) is 73.1 Å². The molecule has 0 saturated carbocycles. The second kappa shape index (κ2) is 8.95. The summed E-state index contributed by atoms with van der Waals surface area (Å²) in [6.45, 7) is 3.52. The van der Waals surface area contributed by atoms with Crippen LogP contribution in [0.25, 0.3) is 0 Å². The second-order valence-corrected chi connectivity index (χ2v) is 7.67. The smallest absolute Gasteiger partial charge is 0.274 e. The highest BCUT2D eigenvalue weighted by Gasteiger charge is 2.16. The number of anilines is 1. The molecule has 0 aliphatic carbocycles. The standard InChI is InChI=1S/C20H19FN6O2S/c1-11-9-14(10-12(2)16(11)28)25-26-19-22-17(23-20(24-19)27(3)4)18(29)30-15-7-5-13(21)6-8-15/h5-10,28H,1-4H3/b26-25+. The Balaban J connectivity index is 1.90.